The molecule has 23 heavy (non-hydrogen) atoms. The maximum atomic E-state index is 11.3. The topological polar surface area (TPSA) is 52.6 Å². The Hall–Kier alpha value is -1.53. The van der Waals surface area contributed by atoms with Gasteiger partial charge < -0.3 is 8.92 Å². The van der Waals surface area contributed by atoms with Crippen LogP contribution in [0.15, 0.2) is 34.8 Å². The van der Waals surface area contributed by atoms with E-state index in [0.717, 1.165) is 38.7 Å². The van der Waals surface area contributed by atoms with Gasteiger partial charge in [0.15, 0.2) is 0 Å². The molecule has 0 saturated heterocycles. The molecule has 0 spiro atoms. The van der Waals surface area contributed by atoms with Crippen molar-refractivity contribution in [1.29, 1.82) is 0 Å². The maximum absolute atomic E-state index is 11.3. The summed E-state index contributed by atoms with van der Waals surface area (Å²) in [6.45, 7) is 6.17. The maximum Gasteiger partial charge on any atom is 0.306 e. The van der Waals surface area contributed by atoms with Gasteiger partial charge >= 0.3 is 10.1 Å². The minimum atomic E-state index is -3.56. The zero-order valence-electron chi connectivity index (χ0n) is 13.5. The summed E-state index contributed by atoms with van der Waals surface area (Å²) in [7, 11) is -3.56. The van der Waals surface area contributed by atoms with Crippen LogP contribution in [0.25, 0.3) is 0 Å². The van der Waals surface area contributed by atoms with E-state index < -0.39 is 10.1 Å². The van der Waals surface area contributed by atoms with E-state index in [0.29, 0.717) is 6.61 Å². The molecule has 4 nitrogen and oxygen atoms in total. The monoisotopic (exact) mass is 398 g/mol. The molecule has 0 radical (unpaired) electrons. The fourth-order valence-electron chi connectivity index (χ4n) is 2.31. The van der Waals surface area contributed by atoms with Crippen LogP contribution in [0.2, 0.25) is 0 Å². The minimum absolute atomic E-state index is 0.285. The summed E-state index contributed by atoms with van der Waals surface area (Å²) in [6, 6.07) is 9.31. The highest BCUT2D eigenvalue weighted by molar-refractivity contribution is 9.10. The molecule has 2 rings (SSSR count). The first-order valence-electron chi connectivity index (χ1n) is 7.05. The molecule has 0 aliphatic carbocycles. The Morgan fingerprint density at radius 3 is 2.22 bits per heavy atom. The second kappa shape index (κ2) is 6.93. The van der Waals surface area contributed by atoms with Gasteiger partial charge in [-0.25, -0.2) is 0 Å². The predicted molar refractivity (Wildman–Crippen MR) is 94.6 cm³/mol. The van der Waals surface area contributed by atoms with Gasteiger partial charge in [0.25, 0.3) is 0 Å². The van der Waals surface area contributed by atoms with E-state index >= 15 is 0 Å². The van der Waals surface area contributed by atoms with Crippen molar-refractivity contribution in [1.82, 2.24) is 0 Å². The second-order valence-electron chi connectivity index (χ2n) is 5.51. The van der Waals surface area contributed by atoms with Crippen molar-refractivity contribution in [3.63, 3.8) is 0 Å². The first kappa shape index (κ1) is 17.8. The van der Waals surface area contributed by atoms with Crippen molar-refractivity contribution in [3.8, 4) is 11.5 Å². The highest BCUT2D eigenvalue weighted by Gasteiger charge is 2.12. The Morgan fingerprint density at radius 2 is 1.65 bits per heavy atom. The third kappa shape index (κ3) is 4.72. The molecule has 124 valence electrons. The van der Waals surface area contributed by atoms with E-state index in [1.807, 2.05) is 39.0 Å². The van der Waals surface area contributed by atoms with Gasteiger partial charge in [-0.3, -0.25) is 0 Å². The number of rotatable bonds is 5. The standard InChI is InChI=1S/C17H19BrO4S/c1-11-6-5-7-12(2)17(11)21-10-14-9-15(22-23(4,19)20)8-13(3)16(14)18/h5-9H,10H2,1-4H3. The SMILES string of the molecule is Cc1cc(OS(C)(=O)=O)cc(COc2c(C)cccc2C)c1Br. The van der Waals surface area contributed by atoms with Crippen molar-refractivity contribution in [3.05, 3.63) is 57.1 Å². The molecule has 0 unspecified atom stereocenters. The number of para-hydroxylation sites is 1. The molecule has 6 heteroatoms. The summed E-state index contributed by atoms with van der Waals surface area (Å²) in [4.78, 5) is 0. The molecule has 0 N–H and O–H groups in total. The summed E-state index contributed by atoms with van der Waals surface area (Å²) >= 11 is 3.52. The van der Waals surface area contributed by atoms with Gasteiger partial charge in [0.2, 0.25) is 0 Å². The average molecular weight is 399 g/mol. The number of halogens is 1. The van der Waals surface area contributed by atoms with E-state index in [2.05, 4.69) is 15.9 Å². The van der Waals surface area contributed by atoms with Crippen molar-refractivity contribution in [2.75, 3.05) is 6.26 Å². The summed E-state index contributed by atoms with van der Waals surface area (Å²) in [5, 5.41) is 0. The summed E-state index contributed by atoms with van der Waals surface area (Å²) < 4.78 is 34.4. The lowest BCUT2D eigenvalue weighted by Gasteiger charge is -2.15. The van der Waals surface area contributed by atoms with Gasteiger partial charge in [0.05, 0.1) is 6.26 Å². The van der Waals surface area contributed by atoms with E-state index in [1.54, 1.807) is 12.1 Å². The van der Waals surface area contributed by atoms with Crippen LogP contribution in [0.1, 0.15) is 22.3 Å². The Labute approximate surface area is 145 Å². The Bertz CT molecular complexity index is 808. The van der Waals surface area contributed by atoms with Crippen LogP contribution in [0.5, 0.6) is 11.5 Å². The molecule has 0 aliphatic rings. The summed E-state index contributed by atoms with van der Waals surface area (Å²) in [6.07, 6.45) is 1.03. The molecule has 0 saturated carbocycles. The van der Waals surface area contributed by atoms with Crippen molar-refractivity contribution >= 4 is 26.0 Å². The molecule has 2 aromatic rings. The van der Waals surface area contributed by atoms with Gasteiger partial charge in [0, 0.05) is 10.0 Å². The first-order valence-corrected chi connectivity index (χ1v) is 9.66. The highest BCUT2D eigenvalue weighted by atomic mass is 79.9. The molecule has 0 atom stereocenters. The molecule has 0 amide bonds. The number of ether oxygens (including phenoxy) is 1. The first-order chi connectivity index (χ1) is 10.7. The van der Waals surface area contributed by atoms with E-state index in [1.165, 1.54) is 0 Å². The summed E-state index contributed by atoms with van der Waals surface area (Å²) in [5.74, 6) is 1.12. The fourth-order valence-corrected chi connectivity index (χ4v) is 3.10. The Morgan fingerprint density at radius 1 is 1.04 bits per heavy atom. The molecular formula is C17H19BrO4S. The Kier molecular flexibility index (Phi) is 5.37. The predicted octanol–water partition coefficient (Wildman–Crippen LogP) is 4.29. The lowest BCUT2D eigenvalue weighted by atomic mass is 10.1. The fraction of sp³-hybridized carbons (Fsp3) is 0.294. The largest absolute Gasteiger partial charge is 0.488 e. The third-order valence-corrected chi connectivity index (χ3v) is 4.96. The molecule has 2 aromatic carbocycles. The lowest BCUT2D eigenvalue weighted by Crippen LogP contribution is -2.07. The van der Waals surface area contributed by atoms with Crippen LogP contribution in [-0.4, -0.2) is 14.7 Å². The molecule has 0 bridgehead atoms. The zero-order chi connectivity index (χ0) is 17.2. The zero-order valence-corrected chi connectivity index (χ0v) is 15.9. The molecule has 0 aromatic heterocycles. The number of aryl methyl sites for hydroxylation is 3. The average Bonchev–Trinajstić information content (AvgIpc) is 2.41. The van der Waals surface area contributed by atoms with Crippen LogP contribution < -0.4 is 8.92 Å². The normalized spacial score (nSPS) is 11.3. The quantitative estimate of drug-likeness (QED) is 0.704. The van der Waals surface area contributed by atoms with Crippen LogP contribution in [0, 0.1) is 20.8 Å². The van der Waals surface area contributed by atoms with Crippen LogP contribution in [0.3, 0.4) is 0 Å². The van der Waals surface area contributed by atoms with Gasteiger partial charge in [0.1, 0.15) is 18.1 Å². The smallest absolute Gasteiger partial charge is 0.306 e. The Balaban J connectivity index is 2.29. The molecule has 0 fully saturated rings. The van der Waals surface area contributed by atoms with Gasteiger partial charge in [-0.15, -0.1) is 0 Å². The van der Waals surface area contributed by atoms with E-state index in [9.17, 15) is 8.42 Å². The highest BCUT2D eigenvalue weighted by Crippen LogP contribution is 2.30. The van der Waals surface area contributed by atoms with E-state index in [4.69, 9.17) is 8.92 Å². The minimum Gasteiger partial charge on any atom is -0.488 e. The number of benzene rings is 2. The second-order valence-corrected chi connectivity index (χ2v) is 7.88. The third-order valence-electron chi connectivity index (χ3n) is 3.33. The van der Waals surface area contributed by atoms with Gasteiger partial charge in [-0.1, -0.05) is 34.1 Å². The van der Waals surface area contributed by atoms with Crippen LogP contribution in [0.4, 0.5) is 0 Å². The van der Waals surface area contributed by atoms with Crippen molar-refractivity contribution in [2.24, 2.45) is 0 Å². The molecule has 0 aliphatic heterocycles. The number of hydrogen-bond acceptors (Lipinski definition) is 4. The van der Waals surface area contributed by atoms with Crippen molar-refractivity contribution in [2.45, 2.75) is 27.4 Å². The van der Waals surface area contributed by atoms with E-state index in [-0.39, 0.29) is 5.75 Å². The number of hydrogen-bond donors (Lipinski definition) is 0. The summed E-state index contributed by atoms with van der Waals surface area (Å²) in [5.41, 5.74) is 3.82. The van der Waals surface area contributed by atoms with Gasteiger partial charge in [-0.2, -0.15) is 8.42 Å². The van der Waals surface area contributed by atoms with Crippen LogP contribution >= 0.6 is 15.9 Å². The molecular weight excluding hydrogens is 380 g/mol. The van der Waals surface area contributed by atoms with Crippen molar-refractivity contribution < 1.29 is 17.3 Å². The molecule has 0 heterocycles. The van der Waals surface area contributed by atoms with Crippen LogP contribution in [-0.2, 0) is 16.7 Å². The van der Waals surface area contributed by atoms with Gasteiger partial charge in [-0.05, 0) is 49.6 Å². The lowest BCUT2D eigenvalue weighted by molar-refractivity contribution is 0.300.